The van der Waals surface area contributed by atoms with Gasteiger partial charge in [-0.3, -0.25) is 9.48 Å². The van der Waals surface area contributed by atoms with Crippen molar-refractivity contribution in [3.05, 3.63) is 11.8 Å². The van der Waals surface area contributed by atoms with Crippen LogP contribution < -0.4 is 10.6 Å². The Hall–Kier alpha value is -1.36. The first-order valence-corrected chi connectivity index (χ1v) is 8.78. The minimum atomic E-state index is 0.0985. The van der Waals surface area contributed by atoms with Crippen LogP contribution in [0.4, 0.5) is 5.82 Å². The average Bonchev–Trinajstić information content (AvgIpc) is 2.77. The molecule has 1 saturated heterocycles. The third-order valence-electron chi connectivity index (χ3n) is 4.61. The first-order chi connectivity index (χ1) is 10.7. The number of hydrogen-bond donors (Lipinski definition) is 2. The monoisotopic (exact) mass is 320 g/mol. The fourth-order valence-corrected chi connectivity index (χ4v) is 3.34. The molecule has 1 atom stereocenters. The van der Waals surface area contributed by atoms with Crippen molar-refractivity contribution in [1.29, 1.82) is 0 Å². The van der Waals surface area contributed by atoms with Crippen molar-refractivity contribution in [2.75, 3.05) is 18.4 Å². The van der Waals surface area contributed by atoms with E-state index in [0.717, 1.165) is 31.0 Å². The standard InChI is InChI=1S/C18H32N4O/c1-13(14-6-8-19-9-7-14)10-17(23)20-16-11-15(21-22(16)5)12-18(2,3)4/h11,13-14,19H,6-10,12H2,1-5H3,(H,20,23). The highest BCUT2D eigenvalue weighted by Gasteiger charge is 2.22. The topological polar surface area (TPSA) is 59.0 Å². The van der Waals surface area contributed by atoms with E-state index in [1.54, 1.807) is 4.68 Å². The van der Waals surface area contributed by atoms with E-state index in [9.17, 15) is 4.79 Å². The van der Waals surface area contributed by atoms with E-state index < -0.39 is 0 Å². The Bertz CT molecular complexity index is 524. The summed E-state index contributed by atoms with van der Waals surface area (Å²) in [6, 6.07) is 2.00. The molecule has 0 radical (unpaired) electrons. The molecule has 0 aromatic carbocycles. The molecule has 1 amide bonds. The number of piperidine rings is 1. The van der Waals surface area contributed by atoms with Gasteiger partial charge in [0, 0.05) is 19.5 Å². The van der Waals surface area contributed by atoms with Crippen LogP contribution in [0.1, 0.15) is 52.7 Å². The van der Waals surface area contributed by atoms with Crippen molar-refractivity contribution in [3.63, 3.8) is 0 Å². The number of aromatic nitrogens is 2. The van der Waals surface area contributed by atoms with Gasteiger partial charge in [0.1, 0.15) is 5.82 Å². The number of carbonyl (C=O) groups is 1. The van der Waals surface area contributed by atoms with E-state index in [1.807, 2.05) is 13.1 Å². The molecule has 1 aliphatic rings. The number of hydrogen-bond acceptors (Lipinski definition) is 3. The summed E-state index contributed by atoms with van der Waals surface area (Å²) < 4.78 is 1.77. The number of aryl methyl sites for hydroxylation is 1. The van der Waals surface area contributed by atoms with Crippen LogP contribution in [0.5, 0.6) is 0 Å². The maximum atomic E-state index is 12.3. The van der Waals surface area contributed by atoms with Gasteiger partial charge < -0.3 is 10.6 Å². The van der Waals surface area contributed by atoms with E-state index in [2.05, 4.69) is 43.4 Å². The van der Waals surface area contributed by atoms with Crippen LogP contribution >= 0.6 is 0 Å². The highest BCUT2D eigenvalue weighted by Crippen LogP contribution is 2.25. The number of amides is 1. The molecule has 1 fully saturated rings. The lowest BCUT2D eigenvalue weighted by atomic mass is 9.84. The molecule has 5 heteroatoms. The number of rotatable bonds is 5. The Kier molecular flexibility index (Phi) is 5.84. The summed E-state index contributed by atoms with van der Waals surface area (Å²) in [5.74, 6) is 1.98. The van der Waals surface area contributed by atoms with Crippen LogP contribution in [0.3, 0.4) is 0 Å². The fourth-order valence-electron chi connectivity index (χ4n) is 3.34. The molecular weight excluding hydrogens is 288 g/mol. The number of carbonyl (C=O) groups excluding carboxylic acids is 1. The van der Waals surface area contributed by atoms with E-state index >= 15 is 0 Å². The Morgan fingerprint density at radius 3 is 2.70 bits per heavy atom. The van der Waals surface area contributed by atoms with E-state index in [0.29, 0.717) is 18.3 Å². The van der Waals surface area contributed by atoms with Crippen molar-refractivity contribution >= 4 is 11.7 Å². The molecule has 2 N–H and O–H groups in total. The summed E-state index contributed by atoms with van der Waals surface area (Å²) in [7, 11) is 1.89. The molecule has 5 nitrogen and oxygen atoms in total. The summed E-state index contributed by atoms with van der Waals surface area (Å²) in [4.78, 5) is 12.3. The second-order valence-corrected chi connectivity index (χ2v) is 8.20. The largest absolute Gasteiger partial charge is 0.317 e. The highest BCUT2D eigenvalue weighted by atomic mass is 16.1. The zero-order valence-electron chi connectivity index (χ0n) is 15.3. The first kappa shape index (κ1) is 18.0. The maximum Gasteiger partial charge on any atom is 0.225 e. The van der Waals surface area contributed by atoms with Crippen molar-refractivity contribution < 1.29 is 4.79 Å². The van der Waals surface area contributed by atoms with Gasteiger partial charge in [-0.1, -0.05) is 27.7 Å². The van der Waals surface area contributed by atoms with Crippen molar-refractivity contribution in [2.45, 2.75) is 53.4 Å². The molecule has 0 spiro atoms. The molecule has 0 aliphatic carbocycles. The Morgan fingerprint density at radius 1 is 1.43 bits per heavy atom. The molecule has 1 aliphatic heterocycles. The molecule has 130 valence electrons. The van der Waals surface area contributed by atoms with Gasteiger partial charge in [-0.15, -0.1) is 0 Å². The highest BCUT2D eigenvalue weighted by molar-refractivity contribution is 5.90. The van der Waals surface area contributed by atoms with Gasteiger partial charge in [-0.2, -0.15) is 5.10 Å². The fraction of sp³-hybridized carbons (Fsp3) is 0.778. The smallest absolute Gasteiger partial charge is 0.225 e. The van der Waals surface area contributed by atoms with E-state index in [-0.39, 0.29) is 11.3 Å². The number of nitrogens with one attached hydrogen (secondary N) is 2. The normalized spacial score (nSPS) is 18.0. The molecule has 2 rings (SSSR count). The zero-order chi connectivity index (χ0) is 17.0. The molecule has 1 unspecified atom stereocenters. The SMILES string of the molecule is CC(CC(=O)Nc1cc(CC(C)(C)C)nn1C)C1CCNCC1. The Labute approximate surface area is 140 Å². The van der Waals surface area contributed by atoms with Gasteiger partial charge in [0.05, 0.1) is 5.69 Å². The van der Waals surface area contributed by atoms with Crippen LogP contribution in [-0.4, -0.2) is 28.8 Å². The van der Waals surface area contributed by atoms with E-state index in [4.69, 9.17) is 0 Å². The lowest BCUT2D eigenvalue weighted by molar-refractivity contribution is -0.117. The predicted molar refractivity (Wildman–Crippen MR) is 94.4 cm³/mol. The average molecular weight is 320 g/mol. The minimum Gasteiger partial charge on any atom is -0.317 e. The zero-order valence-corrected chi connectivity index (χ0v) is 15.3. The summed E-state index contributed by atoms with van der Waals surface area (Å²) in [5.41, 5.74) is 1.22. The number of anilines is 1. The summed E-state index contributed by atoms with van der Waals surface area (Å²) in [6.07, 6.45) is 3.85. The van der Waals surface area contributed by atoms with Crippen LogP contribution in [0.2, 0.25) is 0 Å². The summed E-state index contributed by atoms with van der Waals surface area (Å²) in [6.45, 7) is 10.9. The van der Waals surface area contributed by atoms with E-state index in [1.165, 1.54) is 12.8 Å². The minimum absolute atomic E-state index is 0.0985. The lowest BCUT2D eigenvalue weighted by Gasteiger charge is -2.27. The molecule has 1 aromatic heterocycles. The van der Waals surface area contributed by atoms with Gasteiger partial charge >= 0.3 is 0 Å². The lowest BCUT2D eigenvalue weighted by Crippen LogP contribution is -2.32. The molecule has 0 bridgehead atoms. The van der Waals surface area contributed by atoms with Crippen LogP contribution in [0, 0.1) is 17.3 Å². The third-order valence-corrected chi connectivity index (χ3v) is 4.61. The van der Waals surface area contributed by atoms with Crippen molar-refractivity contribution in [2.24, 2.45) is 24.3 Å². The third kappa shape index (κ3) is 5.65. The second-order valence-electron chi connectivity index (χ2n) is 8.20. The predicted octanol–water partition coefficient (Wildman–Crippen LogP) is 2.97. The molecule has 1 aromatic rings. The van der Waals surface area contributed by atoms with Gasteiger partial charge in [0.25, 0.3) is 0 Å². The summed E-state index contributed by atoms with van der Waals surface area (Å²) >= 11 is 0. The first-order valence-electron chi connectivity index (χ1n) is 8.78. The molecule has 0 saturated carbocycles. The summed E-state index contributed by atoms with van der Waals surface area (Å²) in [5, 5.41) is 10.9. The van der Waals surface area contributed by atoms with Crippen LogP contribution in [0.15, 0.2) is 6.07 Å². The second kappa shape index (κ2) is 7.47. The maximum absolute atomic E-state index is 12.3. The van der Waals surface area contributed by atoms with Crippen LogP contribution in [0.25, 0.3) is 0 Å². The van der Waals surface area contributed by atoms with Crippen molar-refractivity contribution in [1.82, 2.24) is 15.1 Å². The van der Waals surface area contributed by atoms with Crippen molar-refractivity contribution in [3.8, 4) is 0 Å². The van der Waals surface area contributed by atoms with Gasteiger partial charge in [0.15, 0.2) is 0 Å². The molecule has 23 heavy (non-hydrogen) atoms. The van der Waals surface area contributed by atoms with Gasteiger partial charge in [0.2, 0.25) is 5.91 Å². The quantitative estimate of drug-likeness (QED) is 0.877. The van der Waals surface area contributed by atoms with Crippen LogP contribution in [-0.2, 0) is 18.3 Å². The molecule has 2 heterocycles. The Morgan fingerprint density at radius 2 is 2.09 bits per heavy atom. The molecular formula is C18H32N4O. The Balaban J connectivity index is 1.89. The number of nitrogens with zero attached hydrogens (tertiary/aromatic N) is 2. The van der Waals surface area contributed by atoms with Gasteiger partial charge in [-0.05, 0) is 49.6 Å². The van der Waals surface area contributed by atoms with Gasteiger partial charge in [-0.25, -0.2) is 0 Å².